The van der Waals surface area contributed by atoms with E-state index in [1.165, 1.54) is 19.1 Å². The maximum absolute atomic E-state index is 12.8. The number of benzene rings is 2. The average Bonchev–Trinajstić information content (AvgIpc) is 3.05. The van der Waals surface area contributed by atoms with Crippen LogP contribution < -0.4 is 5.32 Å². The molecule has 1 aromatic heterocycles. The smallest absolute Gasteiger partial charge is 0.355 e. The molecule has 3 rings (SSSR count). The number of hydrogen-bond donors (Lipinski definition) is 2. The lowest BCUT2D eigenvalue weighted by molar-refractivity contribution is -0.129. The summed E-state index contributed by atoms with van der Waals surface area (Å²) in [4.78, 5) is 27.2. The van der Waals surface area contributed by atoms with Crippen molar-refractivity contribution < 1.29 is 18.7 Å². The monoisotopic (exact) mass is 340 g/mol. The van der Waals surface area contributed by atoms with Gasteiger partial charge in [-0.15, -0.1) is 0 Å². The average molecular weight is 340 g/mol. The Labute approximate surface area is 143 Å². The molecule has 0 saturated carbocycles. The van der Waals surface area contributed by atoms with E-state index in [-0.39, 0.29) is 12.4 Å². The number of nitrogens with one attached hydrogen (secondary N) is 2. The van der Waals surface area contributed by atoms with Crippen LogP contribution in [0.25, 0.3) is 10.9 Å². The lowest BCUT2D eigenvalue weighted by Gasteiger charge is -2.13. The molecule has 3 aromatic rings. The van der Waals surface area contributed by atoms with E-state index in [4.69, 9.17) is 4.74 Å². The fraction of sp³-hybridized carbons (Fsp3) is 0.158. The van der Waals surface area contributed by atoms with Crippen LogP contribution in [0, 0.1) is 5.82 Å². The highest BCUT2D eigenvalue weighted by Crippen LogP contribution is 2.15. The molecule has 0 bridgehead atoms. The maximum Gasteiger partial charge on any atom is 0.355 e. The Hall–Kier alpha value is -3.15. The minimum atomic E-state index is -0.945. The van der Waals surface area contributed by atoms with Crippen LogP contribution in [0.2, 0.25) is 0 Å². The van der Waals surface area contributed by atoms with Crippen molar-refractivity contribution in [3.05, 3.63) is 71.7 Å². The van der Waals surface area contributed by atoms with Gasteiger partial charge in [0.1, 0.15) is 11.5 Å². The Morgan fingerprint density at radius 3 is 2.60 bits per heavy atom. The molecule has 25 heavy (non-hydrogen) atoms. The molecule has 0 spiro atoms. The van der Waals surface area contributed by atoms with Crippen LogP contribution in [0.15, 0.2) is 54.6 Å². The Balaban J connectivity index is 1.56. The summed E-state index contributed by atoms with van der Waals surface area (Å²) in [5.41, 5.74) is 1.87. The molecule has 0 fully saturated rings. The van der Waals surface area contributed by atoms with E-state index in [2.05, 4.69) is 10.3 Å². The molecule has 6 heteroatoms. The molecular weight excluding hydrogens is 323 g/mol. The second kappa shape index (κ2) is 7.17. The zero-order chi connectivity index (χ0) is 17.8. The molecule has 1 atom stereocenters. The number of amides is 1. The number of rotatable bonds is 5. The van der Waals surface area contributed by atoms with Gasteiger partial charge in [0.05, 0.1) is 0 Å². The first-order chi connectivity index (χ1) is 12.0. The third-order valence-corrected chi connectivity index (χ3v) is 3.78. The number of H-pyrrole nitrogens is 1. The second-order valence-corrected chi connectivity index (χ2v) is 5.66. The van der Waals surface area contributed by atoms with E-state index in [0.717, 1.165) is 16.5 Å². The van der Waals surface area contributed by atoms with Crippen molar-refractivity contribution >= 4 is 22.8 Å². The quantitative estimate of drug-likeness (QED) is 0.701. The molecule has 128 valence electrons. The van der Waals surface area contributed by atoms with Crippen LogP contribution in [-0.4, -0.2) is 23.0 Å². The van der Waals surface area contributed by atoms with Crippen molar-refractivity contribution in [2.45, 2.75) is 19.6 Å². The summed E-state index contributed by atoms with van der Waals surface area (Å²) < 4.78 is 18.0. The molecule has 0 saturated heterocycles. The van der Waals surface area contributed by atoms with Crippen LogP contribution in [0.3, 0.4) is 0 Å². The van der Waals surface area contributed by atoms with E-state index in [1.807, 2.05) is 24.3 Å². The van der Waals surface area contributed by atoms with Crippen LogP contribution in [0.1, 0.15) is 23.0 Å². The highest BCUT2D eigenvalue weighted by molar-refractivity contribution is 5.96. The predicted molar refractivity (Wildman–Crippen MR) is 91.4 cm³/mol. The number of ether oxygens (including phenoxy) is 1. The first-order valence-corrected chi connectivity index (χ1v) is 7.84. The van der Waals surface area contributed by atoms with Gasteiger partial charge >= 0.3 is 5.97 Å². The third kappa shape index (κ3) is 4.03. The number of aromatic amines is 1. The van der Waals surface area contributed by atoms with Gasteiger partial charge in [0, 0.05) is 17.4 Å². The summed E-state index contributed by atoms with van der Waals surface area (Å²) in [5.74, 6) is -1.36. The van der Waals surface area contributed by atoms with Gasteiger partial charge in [-0.1, -0.05) is 30.3 Å². The van der Waals surface area contributed by atoms with Crippen molar-refractivity contribution in [3.63, 3.8) is 0 Å². The fourth-order valence-electron chi connectivity index (χ4n) is 2.40. The number of aromatic nitrogens is 1. The zero-order valence-electron chi connectivity index (χ0n) is 13.6. The van der Waals surface area contributed by atoms with Crippen LogP contribution in [0.5, 0.6) is 0 Å². The van der Waals surface area contributed by atoms with Gasteiger partial charge in [-0.25, -0.2) is 9.18 Å². The van der Waals surface area contributed by atoms with Crippen LogP contribution in [0.4, 0.5) is 4.39 Å². The number of esters is 1. The first-order valence-electron chi connectivity index (χ1n) is 7.84. The van der Waals surface area contributed by atoms with Gasteiger partial charge in [0.2, 0.25) is 0 Å². The van der Waals surface area contributed by atoms with Gasteiger partial charge in [-0.3, -0.25) is 4.79 Å². The molecular formula is C19H17FN2O3. The van der Waals surface area contributed by atoms with Gasteiger partial charge < -0.3 is 15.0 Å². The van der Waals surface area contributed by atoms with E-state index in [1.54, 1.807) is 18.2 Å². The molecule has 5 nitrogen and oxygen atoms in total. The zero-order valence-corrected chi connectivity index (χ0v) is 13.6. The summed E-state index contributed by atoms with van der Waals surface area (Å²) in [6.45, 7) is 1.73. The number of hydrogen-bond acceptors (Lipinski definition) is 3. The summed E-state index contributed by atoms with van der Waals surface area (Å²) in [5, 5.41) is 3.54. The molecule has 0 unspecified atom stereocenters. The molecule has 2 N–H and O–H groups in total. The number of fused-ring (bicyclic) bond motifs is 1. The molecule has 0 aliphatic rings. The fourth-order valence-corrected chi connectivity index (χ4v) is 2.40. The largest absolute Gasteiger partial charge is 0.448 e. The number of para-hydroxylation sites is 1. The molecule has 2 aromatic carbocycles. The third-order valence-electron chi connectivity index (χ3n) is 3.78. The van der Waals surface area contributed by atoms with Gasteiger partial charge in [0.25, 0.3) is 5.91 Å². The molecule has 0 radical (unpaired) electrons. The predicted octanol–water partition coefficient (Wildman–Crippen LogP) is 3.17. The highest BCUT2D eigenvalue weighted by Gasteiger charge is 2.20. The topological polar surface area (TPSA) is 71.2 Å². The summed E-state index contributed by atoms with van der Waals surface area (Å²) in [6, 6.07) is 14.9. The van der Waals surface area contributed by atoms with Crippen molar-refractivity contribution in [2.75, 3.05) is 0 Å². The standard InChI is InChI=1S/C19H17FN2O3/c1-12(18(23)21-11-13-6-8-15(20)9-7-13)25-19(24)17-10-14-4-2-3-5-16(14)22-17/h2-10,12,22H,11H2,1H3,(H,21,23)/t12-/m1/s1. The van der Waals surface area contributed by atoms with E-state index >= 15 is 0 Å². The van der Waals surface area contributed by atoms with Gasteiger partial charge in [-0.2, -0.15) is 0 Å². The van der Waals surface area contributed by atoms with Crippen molar-refractivity contribution in [2.24, 2.45) is 0 Å². The highest BCUT2D eigenvalue weighted by atomic mass is 19.1. The normalized spacial score (nSPS) is 11.9. The number of carbonyl (C=O) groups excluding carboxylic acids is 2. The first kappa shape index (κ1) is 16.7. The Morgan fingerprint density at radius 1 is 1.16 bits per heavy atom. The lowest BCUT2D eigenvalue weighted by atomic mass is 10.2. The van der Waals surface area contributed by atoms with Gasteiger partial charge in [-0.05, 0) is 36.8 Å². The summed E-state index contributed by atoms with van der Waals surface area (Å²) in [6.07, 6.45) is -0.945. The molecule has 0 aliphatic carbocycles. The lowest BCUT2D eigenvalue weighted by Crippen LogP contribution is -2.35. The SMILES string of the molecule is C[C@@H](OC(=O)c1cc2ccccc2[nH]1)C(=O)NCc1ccc(F)cc1. The minimum absolute atomic E-state index is 0.230. The Bertz CT molecular complexity index is 869. The Kier molecular flexibility index (Phi) is 4.79. The minimum Gasteiger partial charge on any atom is -0.448 e. The molecule has 0 aliphatic heterocycles. The van der Waals surface area contributed by atoms with Crippen LogP contribution in [-0.2, 0) is 16.1 Å². The molecule has 1 heterocycles. The number of carbonyl (C=O) groups is 2. The van der Waals surface area contributed by atoms with E-state index < -0.39 is 18.0 Å². The van der Waals surface area contributed by atoms with Crippen LogP contribution >= 0.6 is 0 Å². The maximum atomic E-state index is 12.8. The van der Waals surface area contributed by atoms with Crippen molar-refractivity contribution in [3.8, 4) is 0 Å². The van der Waals surface area contributed by atoms with E-state index in [0.29, 0.717) is 5.69 Å². The second-order valence-electron chi connectivity index (χ2n) is 5.66. The van der Waals surface area contributed by atoms with Gasteiger partial charge in [0.15, 0.2) is 6.10 Å². The summed E-state index contributed by atoms with van der Waals surface area (Å²) in [7, 11) is 0. The Morgan fingerprint density at radius 2 is 1.88 bits per heavy atom. The molecule has 1 amide bonds. The number of halogens is 1. The van der Waals surface area contributed by atoms with E-state index in [9.17, 15) is 14.0 Å². The summed E-state index contributed by atoms with van der Waals surface area (Å²) >= 11 is 0. The van der Waals surface area contributed by atoms with Crippen molar-refractivity contribution in [1.29, 1.82) is 0 Å². The van der Waals surface area contributed by atoms with Crippen molar-refractivity contribution in [1.82, 2.24) is 10.3 Å².